The van der Waals surface area contributed by atoms with Gasteiger partial charge < -0.3 is 10.4 Å². The average molecular weight is 205 g/mol. The van der Waals surface area contributed by atoms with Crippen molar-refractivity contribution in [1.29, 1.82) is 0 Å². The minimum Gasteiger partial charge on any atom is -0.480 e. The Balaban J connectivity index is 3.61. The van der Waals surface area contributed by atoms with Gasteiger partial charge in [0.05, 0.1) is 0 Å². The summed E-state index contributed by atoms with van der Waals surface area (Å²) >= 11 is 1.31. The molecule has 0 rings (SSSR count). The average Bonchev–Trinajstić information content (AvgIpc) is 2.11. The van der Waals surface area contributed by atoms with Crippen LogP contribution in [-0.2, 0) is 9.59 Å². The van der Waals surface area contributed by atoms with Gasteiger partial charge in [-0.25, -0.2) is 0 Å². The zero-order valence-corrected chi connectivity index (χ0v) is 8.69. The van der Waals surface area contributed by atoms with Gasteiger partial charge in [0, 0.05) is 19.2 Å². The molecule has 0 aromatic heterocycles. The molecule has 0 aliphatic heterocycles. The first-order valence-electron chi connectivity index (χ1n) is 4.16. The molecule has 0 saturated heterocycles. The highest BCUT2D eigenvalue weighted by molar-refractivity contribution is 8.00. The van der Waals surface area contributed by atoms with Crippen LogP contribution in [0.5, 0.6) is 0 Å². The fourth-order valence-electron chi connectivity index (χ4n) is 0.783. The Kier molecular flexibility index (Phi) is 6.40. The molecule has 2 N–H and O–H groups in total. The first-order valence-corrected chi connectivity index (χ1v) is 5.21. The Morgan fingerprint density at radius 2 is 2.15 bits per heavy atom. The summed E-state index contributed by atoms with van der Waals surface area (Å²) < 4.78 is 0. The fraction of sp³-hybridized carbons (Fsp3) is 0.750. The van der Waals surface area contributed by atoms with Crippen molar-refractivity contribution < 1.29 is 14.7 Å². The number of hydrogen-bond donors (Lipinski definition) is 2. The molecule has 0 saturated carbocycles. The van der Waals surface area contributed by atoms with Crippen LogP contribution in [0.1, 0.15) is 19.8 Å². The van der Waals surface area contributed by atoms with Crippen LogP contribution in [0.2, 0.25) is 0 Å². The molecule has 1 atom stereocenters. The number of carboxylic acid groups (broad SMARTS) is 1. The van der Waals surface area contributed by atoms with Crippen LogP contribution in [0.15, 0.2) is 0 Å². The molecule has 5 heteroatoms. The normalized spacial score (nSPS) is 12.2. The Morgan fingerprint density at radius 3 is 2.54 bits per heavy atom. The van der Waals surface area contributed by atoms with Crippen LogP contribution in [0.25, 0.3) is 0 Å². The lowest BCUT2D eigenvalue weighted by Crippen LogP contribution is -2.20. The maximum absolute atomic E-state index is 10.8. The number of rotatable bonds is 6. The van der Waals surface area contributed by atoms with Gasteiger partial charge in [-0.05, 0) is 6.42 Å². The standard InChI is InChI=1S/C8H15NO3S/c1-3-6(8(11)12)13-5-4-7(10)9-2/h6H,3-5H2,1-2H3,(H,9,10)(H,11,12). The Morgan fingerprint density at radius 1 is 1.54 bits per heavy atom. The second-order valence-corrected chi connectivity index (χ2v) is 3.84. The first-order chi connectivity index (χ1) is 6.11. The van der Waals surface area contributed by atoms with E-state index in [4.69, 9.17) is 5.11 Å². The number of hydrogen-bond acceptors (Lipinski definition) is 3. The van der Waals surface area contributed by atoms with Gasteiger partial charge in [0.25, 0.3) is 0 Å². The Labute approximate surface area is 82.1 Å². The van der Waals surface area contributed by atoms with E-state index in [1.807, 2.05) is 6.92 Å². The number of carboxylic acids is 1. The Bertz CT molecular complexity index is 184. The predicted molar refractivity (Wildman–Crippen MR) is 52.9 cm³/mol. The number of thioether (sulfide) groups is 1. The van der Waals surface area contributed by atoms with E-state index in [-0.39, 0.29) is 11.2 Å². The summed E-state index contributed by atoms with van der Waals surface area (Å²) in [4.78, 5) is 21.3. The van der Waals surface area contributed by atoms with Crippen LogP contribution in [0.4, 0.5) is 0 Å². The fourth-order valence-corrected chi connectivity index (χ4v) is 1.75. The molecule has 13 heavy (non-hydrogen) atoms. The highest BCUT2D eigenvalue weighted by Crippen LogP contribution is 2.15. The molecule has 0 radical (unpaired) electrons. The van der Waals surface area contributed by atoms with Crippen molar-refractivity contribution in [2.45, 2.75) is 25.0 Å². The van der Waals surface area contributed by atoms with Crippen LogP contribution in [-0.4, -0.2) is 35.0 Å². The molecule has 4 nitrogen and oxygen atoms in total. The second kappa shape index (κ2) is 6.77. The third-order valence-corrected chi connectivity index (χ3v) is 2.95. The van der Waals surface area contributed by atoms with Gasteiger partial charge in [-0.15, -0.1) is 11.8 Å². The smallest absolute Gasteiger partial charge is 0.316 e. The summed E-state index contributed by atoms with van der Waals surface area (Å²) in [5, 5.41) is 10.8. The maximum Gasteiger partial charge on any atom is 0.316 e. The number of aliphatic carboxylic acids is 1. The molecule has 1 unspecified atom stereocenters. The Hall–Kier alpha value is -0.710. The summed E-state index contributed by atoms with van der Waals surface area (Å²) in [6.07, 6.45) is 0.971. The third kappa shape index (κ3) is 5.52. The van der Waals surface area contributed by atoms with Crippen molar-refractivity contribution in [2.75, 3.05) is 12.8 Å². The lowest BCUT2D eigenvalue weighted by atomic mass is 10.3. The summed E-state index contributed by atoms with van der Waals surface area (Å²) in [6, 6.07) is 0. The first kappa shape index (κ1) is 12.3. The number of amides is 1. The molecule has 0 heterocycles. The molecular formula is C8H15NO3S. The summed E-state index contributed by atoms with van der Waals surface area (Å²) in [5.74, 6) is -0.290. The molecule has 0 aromatic carbocycles. The molecular weight excluding hydrogens is 190 g/mol. The molecule has 0 aliphatic rings. The van der Waals surface area contributed by atoms with E-state index in [0.29, 0.717) is 18.6 Å². The van der Waals surface area contributed by atoms with Crippen molar-refractivity contribution >= 4 is 23.6 Å². The van der Waals surface area contributed by atoms with E-state index in [1.165, 1.54) is 11.8 Å². The van der Waals surface area contributed by atoms with Gasteiger partial charge in [0.15, 0.2) is 0 Å². The van der Waals surface area contributed by atoms with Gasteiger partial charge in [-0.3, -0.25) is 9.59 Å². The second-order valence-electron chi connectivity index (χ2n) is 2.53. The SMILES string of the molecule is CCC(SCCC(=O)NC)C(=O)O. The largest absolute Gasteiger partial charge is 0.480 e. The van der Waals surface area contributed by atoms with Crippen LogP contribution < -0.4 is 5.32 Å². The number of carbonyl (C=O) groups is 2. The van der Waals surface area contributed by atoms with Gasteiger partial charge in [0.1, 0.15) is 5.25 Å². The minimum atomic E-state index is -0.801. The zero-order valence-electron chi connectivity index (χ0n) is 7.87. The predicted octanol–water partition coefficient (Wildman–Crippen LogP) is 0.719. The van der Waals surface area contributed by atoms with E-state index in [2.05, 4.69) is 5.32 Å². The summed E-state index contributed by atoms with van der Waals surface area (Å²) in [6.45, 7) is 1.83. The van der Waals surface area contributed by atoms with Crippen molar-refractivity contribution in [2.24, 2.45) is 0 Å². The lowest BCUT2D eigenvalue weighted by Gasteiger charge is -2.08. The minimum absolute atomic E-state index is 0.0484. The molecule has 0 bridgehead atoms. The van der Waals surface area contributed by atoms with Crippen molar-refractivity contribution in [3.05, 3.63) is 0 Å². The monoisotopic (exact) mass is 205 g/mol. The van der Waals surface area contributed by atoms with Gasteiger partial charge in [-0.1, -0.05) is 6.92 Å². The van der Waals surface area contributed by atoms with Crippen LogP contribution in [0.3, 0.4) is 0 Å². The molecule has 0 fully saturated rings. The number of nitrogens with one attached hydrogen (secondary N) is 1. The van der Waals surface area contributed by atoms with Crippen LogP contribution >= 0.6 is 11.8 Å². The van der Waals surface area contributed by atoms with E-state index < -0.39 is 5.97 Å². The third-order valence-electron chi connectivity index (χ3n) is 1.57. The van der Waals surface area contributed by atoms with E-state index in [1.54, 1.807) is 7.05 Å². The lowest BCUT2D eigenvalue weighted by molar-refractivity contribution is -0.136. The highest BCUT2D eigenvalue weighted by Gasteiger charge is 2.15. The molecule has 1 amide bonds. The van der Waals surface area contributed by atoms with E-state index in [0.717, 1.165) is 0 Å². The maximum atomic E-state index is 10.8. The zero-order chi connectivity index (χ0) is 10.3. The molecule has 0 spiro atoms. The van der Waals surface area contributed by atoms with Crippen molar-refractivity contribution in [3.8, 4) is 0 Å². The topological polar surface area (TPSA) is 66.4 Å². The highest BCUT2D eigenvalue weighted by atomic mass is 32.2. The van der Waals surface area contributed by atoms with Gasteiger partial charge >= 0.3 is 5.97 Å². The van der Waals surface area contributed by atoms with Crippen molar-refractivity contribution in [3.63, 3.8) is 0 Å². The quantitative estimate of drug-likeness (QED) is 0.670. The van der Waals surface area contributed by atoms with Crippen molar-refractivity contribution in [1.82, 2.24) is 5.32 Å². The molecule has 0 aromatic rings. The number of carbonyl (C=O) groups excluding carboxylic acids is 1. The van der Waals surface area contributed by atoms with E-state index in [9.17, 15) is 9.59 Å². The van der Waals surface area contributed by atoms with Gasteiger partial charge in [-0.2, -0.15) is 0 Å². The molecule has 76 valence electrons. The van der Waals surface area contributed by atoms with Crippen LogP contribution in [0, 0.1) is 0 Å². The summed E-state index contributed by atoms with van der Waals surface area (Å²) in [7, 11) is 1.57. The molecule has 0 aliphatic carbocycles. The van der Waals surface area contributed by atoms with E-state index >= 15 is 0 Å². The summed E-state index contributed by atoms with van der Waals surface area (Å²) in [5.41, 5.74) is 0. The van der Waals surface area contributed by atoms with Gasteiger partial charge in [0.2, 0.25) is 5.91 Å².